The van der Waals surface area contributed by atoms with E-state index in [-0.39, 0.29) is 48.1 Å². The van der Waals surface area contributed by atoms with Gasteiger partial charge in [-0.25, -0.2) is 0 Å². The van der Waals surface area contributed by atoms with Crippen LogP contribution in [0.3, 0.4) is 0 Å². The molecule has 0 aromatic heterocycles. The van der Waals surface area contributed by atoms with Gasteiger partial charge >= 0.3 is 0 Å². The summed E-state index contributed by atoms with van der Waals surface area (Å²) < 4.78 is 94.9. The second-order valence-corrected chi connectivity index (χ2v) is 28.4. The van der Waals surface area contributed by atoms with Crippen LogP contribution in [0.5, 0.6) is 0 Å². The summed E-state index contributed by atoms with van der Waals surface area (Å²) in [7, 11) is 0. The summed E-state index contributed by atoms with van der Waals surface area (Å²) in [5.74, 6) is 0. The minimum atomic E-state index is -1.30. The van der Waals surface area contributed by atoms with Crippen molar-refractivity contribution >= 4 is 46.3 Å². The Kier molecular flexibility index (Phi) is 12.7. The average Bonchev–Trinajstić information content (AvgIpc) is 1.51. The molecule has 0 amide bonds. The quantitative estimate of drug-likeness (QED) is 0.0951. The second kappa shape index (κ2) is 25.5. The lowest BCUT2D eigenvalue weighted by atomic mass is 9.68. The lowest BCUT2D eigenvalue weighted by Crippen LogP contribution is -2.30. The molecule has 0 bridgehead atoms. The largest absolute Gasteiger partial charge is 0.310 e. The molecule has 0 fully saturated rings. The number of rotatable bonds is 16. The van der Waals surface area contributed by atoms with E-state index in [1.165, 1.54) is 0 Å². The molecule has 504 valence electrons. The molecule has 16 aromatic rings. The van der Waals surface area contributed by atoms with E-state index in [4.69, 9.17) is 2.74 Å². The van der Waals surface area contributed by atoms with Crippen LogP contribution in [0.1, 0.15) is 91.6 Å². The molecule has 2 nitrogen and oxygen atoms in total. The Morgan fingerprint density at radius 3 is 0.888 bits per heavy atom. The normalized spacial score (nSPS) is 17.6. The van der Waals surface area contributed by atoms with Gasteiger partial charge in [0.2, 0.25) is 0 Å². The van der Waals surface area contributed by atoms with Gasteiger partial charge < -0.3 is 9.80 Å². The van der Waals surface area contributed by atoms with Crippen molar-refractivity contribution in [2.75, 3.05) is 9.80 Å². The van der Waals surface area contributed by atoms with E-state index in [0.29, 0.717) is 0 Å². The Bertz CT molecular complexity index is 6330. The summed E-state index contributed by atoms with van der Waals surface area (Å²) in [6.45, 7) is 8.10. The first-order chi connectivity index (χ1) is 57.0. The number of hydrogen-bond acceptors (Lipinski definition) is 2. The Morgan fingerprint density at radius 1 is 0.252 bits per heavy atom. The third kappa shape index (κ3) is 9.93. The molecule has 2 heteroatoms. The van der Waals surface area contributed by atoms with Gasteiger partial charge in [0.25, 0.3) is 0 Å². The Balaban J connectivity index is 0.819. The van der Waals surface area contributed by atoms with Gasteiger partial charge in [-0.2, -0.15) is 0 Å². The van der Waals surface area contributed by atoms with E-state index in [2.05, 4.69) is 266 Å². The molecule has 0 heterocycles. The molecule has 16 aromatic carbocycles. The topological polar surface area (TPSA) is 6.48 Å². The highest BCUT2D eigenvalue weighted by Crippen LogP contribution is 2.65. The maximum absolute atomic E-state index is 9.95. The van der Waals surface area contributed by atoms with Crippen LogP contribution in [0, 0.1) is 0 Å². The molecule has 0 radical (unpaired) electrons. The van der Waals surface area contributed by atoms with Gasteiger partial charge in [-0.1, -0.05) is 341 Å². The average molecular weight is 1370 g/mol. The Morgan fingerprint density at radius 2 is 0.533 bits per heavy atom. The Labute approximate surface area is 641 Å². The Hall–Kier alpha value is -13.4. The molecule has 20 rings (SSSR count). The summed E-state index contributed by atoms with van der Waals surface area (Å²) in [5.41, 5.74) is 25.5. The van der Waals surface area contributed by atoms with Crippen LogP contribution in [-0.2, 0) is 29.1 Å². The number of hydrogen-bond donors (Lipinski definition) is 0. The fourth-order valence-corrected chi connectivity index (χ4v) is 18.3. The molecule has 4 aliphatic rings. The van der Waals surface area contributed by atoms with Crippen molar-refractivity contribution in [3.05, 3.63) is 479 Å². The summed E-state index contributed by atoms with van der Waals surface area (Å²) in [4.78, 5) is 4.62. The van der Waals surface area contributed by atoms with Crippen molar-refractivity contribution in [3.63, 3.8) is 0 Å². The van der Waals surface area contributed by atoms with Gasteiger partial charge in [-0.05, 0) is 230 Å². The minimum Gasteiger partial charge on any atom is -0.310 e. The number of benzene rings is 16. The number of anilines is 6. The second-order valence-electron chi connectivity index (χ2n) is 28.4. The van der Waals surface area contributed by atoms with Crippen LogP contribution in [-0.4, -0.2) is 0 Å². The first kappa shape index (κ1) is 53.4. The van der Waals surface area contributed by atoms with Crippen LogP contribution >= 0.6 is 0 Å². The molecule has 0 saturated heterocycles. The zero-order chi connectivity index (χ0) is 79.9. The van der Waals surface area contributed by atoms with Crippen LogP contribution in [0.2, 0.25) is 0 Å². The van der Waals surface area contributed by atoms with Crippen LogP contribution in [0.25, 0.3) is 78.9 Å². The van der Waals surface area contributed by atoms with Gasteiger partial charge in [0, 0.05) is 34.1 Å². The molecule has 0 saturated carbocycles. The highest BCUT2D eigenvalue weighted by atomic mass is 15.1. The van der Waals surface area contributed by atoms with E-state index in [9.17, 15) is 11.0 Å². The zero-order valence-electron chi connectivity index (χ0n) is 68.6. The van der Waals surface area contributed by atoms with Crippen LogP contribution in [0.4, 0.5) is 34.1 Å². The van der Waals surface area contributed by atoms with Crippen molar-refractivity contribution < 1.29 is 13.7 Å². The molecular formula is C105H74N2. The lowest BCUT2D eigenvalue weighted by Gasteiger charge is -2.35. The molecule has 0 N–H and O–H groups in total. The van der Waals surface area contributed by atoms with E-state index in [1.54, 1.807) is 12.2 Å². The molecule has 107 heavy (non-hydrogen) atoms. The maximum atomic E-state index is 9.95. The number of nitrogens with zero attached hydrogens (tertiary/aromatic N) is 2. The molecule has 1 spiro atoms. The monoisotopic (exact) mass is 1370 g/mol. The van der Waals surface area contributed by atoms with Gasteiger partial charge in [0.15, 0.2) is 0 Å². The fourth-order valence-electron chi connectivity index (χ4n) is 18.3. The smallest absolute Gasteiger partial charge is 0.0727 e. The first-order valence-corrected chi connectivity index (χ1v) is 36.5. The first-order valence-electron chi connectivity index (χ1n) is 41.5. The molecule has 0 aliphatic heterocycles. The van der Waals surface area contributed by atoms with Crippen LogP contribution < -0.4 is 9.80 Å². The molecule has 2 atom stereocenters. The SMILES string of the molecule is [2H]c1c([2H])c([2H])c(C2(Cc3ccc(C=C)cc3)c3ccccc3-c3ccc(N(c4ccc(-c5ccccc5)cc4)c4ccc5c(c4)C4(c6ccccc6-5)c5ccccc5-c5ccc(N(c6ccc(-c7ccccc7)cc6)c6ccc7c(c6)C(Cc6ccc(C=C)cc6)(c6c([2H])c([2H])c([2H])c([2H])c6[2H])c6ccccc6-7)cc54)cc32)c([2H])c1[2H]. The predicted molar refractivity (Wildman–Crippen MR) is 447 cm³/mol. The van der Waals surface area contributed by atoms with Gasteiger partial charge in [-0.3, -0.25) is 0 Å². The molecule has 4 aliphatic carbocycles. The highest BCUT2D eigenvalue weighted by molar-refractivity contribution is 5.99. The van der Waals surface area contributed by atoms with Gasteiger partial charge in [0.05, 0.1) is 30.0 Å². The molecular weight excluding hydrogens is 1290 g/mol. The van der Waals surface area contributed by atoms with E-state index >= 15 is 0 Å². The fraction of sp³-hybridized carbons (Fsp3) is 0.0476. The van der Waals surface area contributed by atoms with Crippen molar-refractivity contribution in [2.24, 2.45) is 0 Å². The lowest BCUT2D eigenvalue weighted by molar-refractivity contribution is 0.629. The van der Waals surface area contributed by atoms with Crippen molar-refractivity contribution in [1.29, 1.82) is 0 Å². The van der Waals surface area contributed by atoms with Crippen molar-refractivity contribution in [2.45, 2.75) is 29.1 Å². The van der Waals surface area contributed by atoms with E-state index in [1.807, 2.05) is 84.9 Å². The highest BCUT2D eigenvalue weighted by Gasteiger charge is 2.53. The van der Waals surface area contributed by atoms with E-state index < -0.39 is 52.5 Å². The summed E-state index contributed by atoms with van der Waals surface area (Å²) >= 11 is 0. The predicted octanol–water partition coefficient (Wildman–Crippen LogP) is 26.7. The van der Waals surface area contributed by atoms with Crippen molar-refractivity contribution in [1.82, 2.24) is 0 Å². The third-order valence-electron chi connectivity index (χ3n) is 23.1. The summed E-state index contributed by atoms with van der Waals surface area (Å²) in [6.07, 6.45) is 4.14. The van der Waals surface area contributed by atoms with E-state index in [0.717, 1.165) is 168 Å². The van der Waals surface area contributed by atoms with Crippen molar-refractivity contribution in [3.8, 4) is 66.8 Å². The zero-order valence-corrected chi connectivity index (χ0v) is 58.6. The minimum absolute atomic E-state index is 0.204. The summed E-state index contributed by atoms with van der Waals surface area (Å²) in [5, 5.41) is 0. The van der Waals surface area contributed by atoms with Gasteiger partial charge in [-0.15, -0.1) is 0 Å². The maximum Gasteiger partial charge on any atom is 0.0727 e. The number of fused-ring (bicyclic) bond motifs is 16. The van der Waals surface area contributed by atoms with Crippen LogP contribution in [0.15, 0.2) is 401 Å². The van der Waals surface area contributed by atoms with Gasteiger partial charge in [0.1, 0.15) is 0 Å². The molecule has 2 unspecified atom stereocenters. The third-order valence-corrected chi connectivity index (χ3v) is 23.1. The standard InChI is InChI=1S/C105H74N2/c1-3-71-41-45-73(46-42-71)69-103(79-29-13-7-14-30-79)95-37-21-17-33-87(95)91-61-57-83(65-99(91)103)106(81-53-49-77(50-54-81)75-25-9-5-10-26-75)85-59-63-93-89-35-19-23-39-97(89)105(101(93)67-85)98-40-24-20-36-90(98)94-64-60-86(68-102(94)105)107(82-55-51-78(52-56-82)76-27-11-6-12-28-76)84-58-62-92-88-34-18-22-38-96(88)104(100(92)66-84,80-31-15-8-16-32-80)70-74-47-43-72(4-2)44-48-74/h3-68H,1-2,69-70H2/i7D,8D,13D,14D,15D,16D,29D,30D,31D,32D. The summed E-state index contributed by atoms with van der Waals surface area (Å²) in [6, 6.07) is 111.